The molecule has 0 bridgehead atoms. The first-order valence-electron chi connectivity index (χ1n) is 7.22. The lowest BCUT2D eigenvalue weighted by Gasteiger charge is -2.15. The average Bonchev–Trinajstić information content (AvgIpc) is 2.52. The molecular weight excluding hydrogens is 278 g/mol. The van der Waals surface area contributed by atoms with Crippen molar-refractivity contribution in [3.8, 4) is 11.5 Å². The highest BCUT2D eigenvalue weighted by Crippen LogP contribution is 2.19. The summed E-state index contributed by atoms with van der Waals surface area (Å²) in [5.74, 6) is 1.16. The van der Waals surface area contributed by atoms with Crippen LogP contribution in [0.4, 0.5) is 0 Å². The minimum atomic E-state index is -0.572. The number of aryl methyl sites for hydroxylation is 1. The fourth-order valence-electron chi connectivity index (χ4n) is 2.09. The van der Waals surface area contributed by atoms with Crippen LogP contribution >= 0.6 is 0 Å². The molecule has 0 unspecified atom stereocenters. The van der Waals surface area contributed by atoms with E-state index in [0.717, 1.165) is 5.56 Å². The molecular formula is C18H21NO3. The van der Waals surface area contributed by atoms with Gasteiger partial charge in [-0.15, -0.1) is 0 Å². The molecule has 116 valence electrons. The molecule has 1 N–H and O–H groups in total. The number of rotatable bonds is 6. The van der Waals surface area contributed by atoms with Gasteiger partial charge < -0.3 is 14.8 Å². The van der Waals surface area contributed by atoms with Crippen LogP contribution in [-0.2, 0) is 11.3 Å². The van der Waals surface area contributed by atoms with Crippen molar-refractivity contribution >= 4 is 5.91 Å². The molecule has 0 aliphatic heterocycles. The van der Waals surface area contributed by atoms with Crippen LogP contribution in [0.15, 0.2) is 48.5 Å². The zero-order valence-electron chi connectivity index (χ0n) is 13.1. The number of benzene rings is 2. The summed E-state index contributed by atoms with van der Waals surface area (Å²) in [4.78, 5) is 12.1. The van der Waals surface area contributed by atoms with Crippen LogP contribution in [0.3, 0.4) is 0 Å². The van der Waals surface area contributed by atoms with Crippen LogP contribution in [0.5, 0.6) is 11.5 Å². The maximum absolute atomic E-state index is 12.1. The zero-order valence-corrected chi connectivity index (χ0v) is 13.1. The maximum Gasteiger partial charge on any atom is 0.261 e. The predicted octanol–water partition coefficient (Wildman–Crippen LogP) is 3.09. The number of amides is 1. The Kier molecular flexibility index (Phi) is 5.42. The van der Waals surface area contributed by atoms with Gasteiger partial charge in [-0.05, 0) is 31.5 Å². The number of ether oxygens (including phenoxy) is 2. The van der Waals surface area contributed by atoms with Crippen molar-refractivity contribution in [2.24, 2.45) is 0 Å². The number of carbonyl (C=O) groups is 1. The molecule has 0 aromatic heterocycles. The van der Waals surface area contributed by atoms with E-state index in [2.05, 4.69) is 5.32 Å². The Morgan fingerprint density at radius 3 is 2.59 bits per heavy atom. The van der Waals surface area contributed by atoms with E-state index < -0.39 is 6.10 Å². The topological polar surface area (TPSA) is 47.6 Å². The standard InChI is InChI=1S/C18H21NO3/c1-13-6-4-7-15(10-13)12-19-18(20)14(2)22-17-9-5-8-16(11-17)21-3/h4-11,14H,12H2,1-3H3,(H,19,20)/t14-/m1/s1. The Morgan fingerprint density at radius 1 is 1.14 bits per heavy atom. The minimum Gasteiger partial charge on any atom is -0.497 e. The molecule has 0 radical (unpaired) electrons. The lowest BCUT2D eigenvalue weighted by molar-refractivity contribution is -0.127. The lowest BCUT2D eigenvalue weighted by atomic mass is 10.1. The highest BCUT2D eigenvalue weighted by molar-refractivity contribution is 5.80. The van der Waals surface area contributed by atoms with E-state index in [9.17, 15) is 4.79 Å². The second kappa shape index (κ2) is 7.50. The van der Waals surface area contributed by atoms with Gasteiger partial charge in [0.05, 0.1) is 7.11 Å². The SMILES string of the molecule is COc1cccc(O[C@H](C)C(=O)NCc2cccc(C)c2)c1. The summed E-state index contributed by atoms with van der Waals surface area (Å²) < 4.78 is 10.8. The second-order valence-electron chi connectivity index (χ2n) is 5.15. The smallest absolute Gasteiger partial charge is 0.261 e. The number of hydrogen-bond donors (Lipinski definition) is 1. The molecule has 0 heterocycles. The fraction of sp³-hybridized carbons (Fsp3) is 0.278. The van der Waals surface area contributed by atoms with Gasteiger partial charge in [-0.25, -0.2) is 0 Å². The molecule has 2 aromatic rings. The van der Waals surface area contributed by atoms with Crippen molar-refractivity contribution in [3.63, 3.8) is 0 Å². The van der Waals surface area contributed by atoms with Gasteiger partial charge in [-0.1, -0.05) is 35.9 Å². The first-order chi connectivity index (χ1) is 10.6. The monoisotopic (exact) mass is 299 g/mol. The normalized spacial score (nSPS) is 11.6. The summed E-state index contributed by atoms with van der Waals surface area (Å²) in [6.07, 6.45) is -0.572. The molecule has 2 rings (SSSR count). The van der Waals surface area contributed by atoms with Gasteiger partial charge in [-0.2, -0.15) is 0 Å². The van der Waals surface area contributed by atoms with Gasteiger partial charge in [0.1, 0.15) is 11.5 Å². The van der Waals surface area contributed by atoms with Crippen molar-refractivity contribution in [2.75, 3.05) is 7.11 Å². The third-order valence-corrected chi connectivity index (χ3v) is 3.27. The zero-order chi connectivity index (χ0) is 15.9. The van der Waals surface area contributed by atoms with Crippen molar-refractivity contribution in [3.05, 3.63) is 59.7 Å². The van der Waals surface area contributed by atoms with Crippen LogP contribution < -0.4 is 14.8 Å². The molecule has 4 heteroatoms. The summed E-state index contributed by atoms with van der Waals surface area (Å²) in [7, 11) is 1.59. The first kappa shape index (κ1) is 15.9. The summed E-state index contributed by atoms with van der Waals surface area (Å²) in [5.41, 5.74) is 2.24. The van der Waals surface area contributed by atoms with Crippen LogP contribution in [-0.4, -0.2) is 19.1 Å². The predicted molar refractivity (Wildman–Crippen MR) is 86.1 cm³/mol. The van der Waals surface area contributed by atoms with Crippen molar-refractivity contribution in [2.45, 2.75) is 26.5 Å². The molecule has 1 amide bonds. The Labute approximate surface area is 131 Å². The summed E-state index contributed by atoms with van der Waals surface area (Å²) in [6, 6.07) is 15.2. The average molecular weight is 299 g/mol. The van der Waals surface area contributed by atoms with E-state index in [1.807, 2.05) is 43.3 Å². The fourth-order valence-corrected chi connectivity index (χ4v) is 2.09. The van der Waals surface area contributed by atoms with E-state index in [4.69, 9.17) is 9.47 Å². The molecule has 0 fully saturated rings. The van der Waals surface area contributed by atoms with E-state index in [1.165, 1.54) is 5.56 Å². The molecule has 0 aliphatic rings. The Bertz CT molecular complexity index is 640. The highest BCUT2D eigenvalue weighted by Gasteiger charge is 2.14. The van der Waals surface area contributed by atoms with E-state index in [0.29, 0.717) is 18.0 Å². The molecule has 4 nitrogen and oxygen atoms in total. The van der Waals surface area contributed by atoms with Crippen molar-refractivity contribution in [1.82, 2.24) is 5.32 Å². The van der Waals surface area contributed by atoms with E-state index in [-0.39, 0.29) is 5.91 Å². The van der Waals surface area contributed by atoms with Crippen LogP contribution in [0.25, 0.3) is 0 Å². The highest BCUT2D eigenvalue weighted by atomic mass is 16.5. The minimum absolute atomic E-state index is 0.149. The molecule has 0 spiro atoms. The van der Waals surface area contributed by atoms with Crippen molar-refractivity contribution < 1.29 is 14.3 Å². The third kappa shape index (κ3) is 4.52. The van der Waals surface area contributed by atoms with Crippen LogP contribution in [0.1, 0.15) is 18.1 Å². The number of hydrogen-bond acceptors (Lipinski definition) is 3. The molecule has 0 saturated heterocycles. The van der Waals surface area contributed by atoms with Crippen LogP contribution in [0, 0.1) is 6.92 Å². The molecule has 2 aromatic carbocycles. The first-order valence-corrected chi connectivity index (χ1v) is 7.22. The summed E-state index contributed by atoms with van der Waals surface area (Å²) in [5, 5.41) is 2.88. The van der Waals surface area contributed by atoms with Gasteiger partial charge in [0, 0.05) is 12.6 Å². The van der Waals surface area contributed by atoms with Crippen molar-refractivity contribution in [1.29, 1.82) is 0 Å². The van der Waals surface area contributed by atoms with Gasteiger partial charge in [0.2, 0.25) is 0 Å². The lowest BCUT2D eigenvalue weighted by Crippen LogP contribution is -2.35. The Morgan fingerprint density at radius 2 is 1.86 bits per heavy atom. The Hall–Kier alpha value is -2.49. The van der Waals surface area contributed by atoms with E-state index in [1.54, 1.807) is 26.2 Å². The van der Waals surface area contributed by atoms with E-state index >= 15 is 0 Å². The quantitative estimate of drug-likeness (QED) is 0.891. The molecule has 0 aliphatic carbocycles. The molecule has 0 saturated carbocycles. The Balaban J connectivity index is 1.89. The maximum atomic E-state index is 12.1. The third-order valence-electron chi connectivity index (χ3n) is 3.27. The molecule has 22 heavy (non-hydrogen) atoms. The van der Waals surface area contributed by atoms with Crippen LogP contribution in [0.2, 0.25) is 0 Å². The number of nitrogens with one attached hydrogen (secondary N) is 1. The van der Waals surface area contributed by atoms with Gasteiger partial charge in [0.15, 0.2) is 6.10 Å². The molecule has 1 atom stereocenters. The number of carbonyl (C=O) groups excluding carboxylic acids is 1. The summed E-state index contributed by atoms with van der Waals surface area (Å²) in [6.45, 7) is 4.25. The second-order valence-corrected chi connectivity index (χ2v) is 5.15. The van der Waals surface area contributed by atoms with Gasteiger partial charge >= 0.3 is 0 Å². The van der Waals surface area contributed by atoms with Gasteiger partial charge in [0.25, 0.3) is 5.91 Å². The van der Waals surface area contributed by atoms with Gasteiger partial charge in [-0.3, -0.25) is 4.79 Å². The summed E-state index contributed by atoms with van der Waals surface area (Å²) >= 11 is 0. The largest absolute Gasteiger partial charge is 0.497 e. The number of methoxy groups -OCH3 is 1.